The van der Waals surface area contributed by atoms with Gasteiger partial charge in [0.25, 0.3) is 5.91 Å². The van der Waals surface area contributed by atoms with Crippen molar-refractivity contribution < 1.29 is 14.3 Å². The van der Waals surface area contributed by atoms with Crippen LogP contribution in [0.15, 0.2) is 59.0 Å². The molecule has 8 heteroatoms. The number of thiazole rings is 1. The Morgan fingerprint density at radius 2 is 2.00 bits per heavy atom. The van der Waals surface area contributed by atoms with Crippen LogP contribution in [-0.2, 0) is 11.3 Å². The first-order chi connectivity index (χ1) is 14.6. The van der Waals surface area contributed by atoms with Gasteiger partial charge in [-0.2, -0.15) is 5.10 Å². The van der Waals surface area contributed by atoms with Crippen molar-refractivity contribution in [1.82, 2.24) is 10.3 Å². The third kappa shape index (κ3) is 6.59. The number of ether oxygens (including phenoxy) is 2. The van der Waals surface area contributed by atoms with E-state index in [0.717, 1.165) is 22.0 Å². The highest BCUT2D eigenvalue weighted by Gasteiger charge is 2.09. The second-order valence-electron chi connectivity index (χ2n) is 6.35. The summed E-state index contributed by atoms with van der Waals surface area (Å²) in [6.07, 6.45) is 1.68. The first-order valence-corrected chi connectivity index (χ1v) is 10.4. The Hall–Kier alpha value is -3.39. The molecule has 0 aliphatic rings. The summed E-state index contributed by atoms with van der Waals surface area (Å²) < 4.78 is 11.3. The monoisotopic (exact) mass is 424 g/mol. The van der Waals surface area contributed by atoms with Gasteiger partial charge in [0.2, 0.25) is 5.13 Å². The number of anilines is 1. The Bertz CT molecular complexity index is 989. The van der Waals surface area contributed by atoms with E-state index in [0.29, 0.717) is 24.7 Å². The molecule has 30 heavy (non-hydrogen) atoms. The average molecular weight is 425 g/mol. The molecule has 0 atom stereocenters. The smallest absolute Gasteiger partial charge is 0.258 e. The summed E-state index contributed by atoms with van der Waals surface area (Å²) in [5, 5.41) is 9.72. The number of carbonyl (C=O) groups is 1. The Morgan fingerprint density at radius 3 is 2.73 bits per heavy atom. The largest absolute Gasteiger partial charge is 0.490 e. The van der Waals surface area contributed by atoms with Gasteiger partial charge < -0.3 is 14.8 Å². The van der Waals surface area contributed by atoms with Gasteiger partial charge in [-0.05, 0) is 43.2 Å². The normalized spacial score (nSPS) is 10.7. The number of carbonyl (C=O) groups excluding carboxylic acids is 1. The van der Waals surface area contributed by atoms with Crippen molar-refractivity contribution in [3.05, 3.63) is 70.7 Å². The summed E-state index contributed by atoms with van der Waals surface area (Å²) in [6.45, 7) is 4.67. The van der Waals surface area contributed by atoms with Crippen LogP contribution in [0.4, 0.5) is 5.13 Å². The molecule has 0 unspecified atom stereocenters. The van der Waals surface area contributed by atoms with E-state index in [-0.39, 0.29) is 12.5 Å². The molecule has 3 aromatic rings. The zero-order valence-corrected chi connectivity index (χ0v) is 17.7. The quantitative estimate of drug-likeness (QED) is 0.380. The van der Waals surface area contributed by atoms with Gasteiger partial charge in [0.15, 0.2) is 18.1 Å². The van der Waals surface area contributed by atoms with E-state index in [1.165, 1.54) is 11.3 Å². The van der Waals surface area contributed by atoms with Crippen LogP contribution in [0.2, 0.25) is 0 Å². The van der Waals surface area contributed by atoms with Crippen LogP contribution in [0.1, 0.15) is 23.7 Å². The van der Waals surface area contributed by atoms with Crippen molar-refractivity contribution in [3.8, 4) is 11.5 Å². The number of rotatable bonds is 10. The number of aryl methyl sites for hydroxylation is 1. The second kappa shape index (κ2) is 11.0. The Morgan fingerprint density at radius 1 is 1.17 bits per heavy atom. The van der Waals surface area contributed by atoms with Crippen molar-refractivity contribution >= 4 is 28.6 Å². The molecular weight excluding hydrogens is 400 g/mol. The van der Waals surface area contributed by atoms with Crippen LogP contribution < -0.4 is 20.2 Å². The molecule has 0 bridgehead atoms. The first kappa shape index (κ1) is 21.3. The summed E-state index contributed by atoms with van der Waals surface area (Å²) in [5.41, 5.74) is 5.72. The molecule has 0 spiro atoms. The molecule has 1 aromatic heterocycles. The summed E-state index contributed by atoms with van der Waals surface area (Å²) in [6, 6.07) is 15.2. The molecule has 0 radical (unpaired) electrons. The topological polar surface area (TPSA) is 84.8 Å². The molecule has 3 rings (SSSR count). The minimum Gasteiger partial charge on any atom is -0.490 e. The van der Waals surface area contributed by atoms with E-state index in [4.69, 9.17) is 9.47 Å². The van der Waals surface area contributed by atoms with Crippen LogP contribution >= 0.6 is 11.3 Å². The fourth-order valence-corrected chi connectivity index (χ4v) is 3.19. The maximum Gasteiger partial charge on any atom is 0.258 e. The Labute approximate surface area is 179 Å². The molecule has 2 aromatic carbocycles. The van der Waals surface area contributed by atoms with Crippen LogP contribution in [0.3, 0.4) is 0 Å². The standard InChI is InChI=1S/C22H24N4O3S/c1-3-28-20-11-18(13-24-26-22-25-16(2)15-30-22)9-10-19(20)29-14-21(27)23-12-17-7-5-4-6-8-17/h4-11,13,15H,3,12,14H2,1-2H3,(H,23,27)(H,25,26). The number of nitrogens with one attached hydrogen (secondary N) is 2. The zero-order valence-electron chi connectivity index (χ0n) is 16.9. The number of amides is 1. The van der Waals surface area contributed by atoms with Gasteiger partial charge in [0, 0.05) is 11.9 Å². The molecule has 7 nitrogen and oxygen atoms in total. The van der Waals surface area contributed by atoms with E-state index in [9.17, 15) is 4.79 Å². The van der Waals surface area contributed by atoms with Gasteiger partial charge >= 0.3 is 0 Å². The van der Waals surface area contributed by atoms with Crippen molar-refractivity contribution in [3.63, 3.8) is 0 Å². The molecule has 1 heterocycles. The number of aromatic nitrogens is 1. The number of benzene rings is 2. The minimum absolute atomic E-state index is 0.0920. The van der Waals surface area contributed by atoms with E-state index >= 15 is 0 Å². The maximum absolute atomic E-state index is 12.1. The first-order valence-electron chi connectivity index (χ1n) is 9.55. The second-order valence-corrected chi connectivity index (χ2v) is 7.21. The lowest BCUT2D eigenvalue weighted by atomic mass is 10.2. The third-order valence-electron chi connectivity index (χ3n) is 3.95. The van der Waals surface area contributed by atoms with E-state index < -0.39 is 0 Å². The molecule has 0 saturated carbocycles. The van der Waals surface area contributed by atoms with Gasteiger partial charge in [-0.15, -0.1) is 11.3 Å². The van der Waals surface area contributed by atoms with Gasteiger partial charge in [-0.3, -0.25) is 10.2 Å². The lowest BCUT2D eigenvalue weighted by molar-refractivity contribution is -0.123. The van der Waals surface area contributed by atoms with Crippen LogP contribution in [0.5, 0.6) is 11.5 Å². The Kier molecular flexibility index (Phi) is 7.79. The van der Waals surface area contributed by atoms with Crippen LogP contribution in [-0.4, -0.2) is 30.3 Å². The number of hydrazone groups is 1. The van der Waals surface area contributed by atoms with Crippen molar-refractivity contribution in [2.75, 3.05) is 18.6 Å². The zero-order chi connectivity index (χ0) is 21.2. The fraction of sp³-hybridized carbons (Fsp3) is 0.227. The van der Waals surface area contributed by atoms with Crippen molar-refractivity contribution in [2.45, 2.75) is 20.4 Å². The van der Waals surface area contributed by atoms with Gasteiger partial charge in [-0.1, -0.05) is 30.3 Å². The van der Waals surface area contributed by atoms with E-state index in [2.05, 4.69) is 20.8 Å². The number of hydrogen-bond acceptors (Lipinski definition) is 7. The molecule has 1 amide bonds. The maximum atomic E-state index is 12.1. The molecule has 0 fully saturated rings. The van der Waals surface area contributed by atoms with Crippen LogP contribution in [0, 0.1) is 6.92 Å². The highest BCUT2D eigenvalue weighted by molar-refractivity contribution is 7.13. The summed E-state index contributed by atoms with van der Waals surface area (Å²) in [4.78, 5) is 16.4. The number of nitrogens with zero attached hydrogens (tertiary/aromatic N) is 2. The SMILES string of the molecule is CCOc1cc(C=NNc2nc(C)cs2)ccc1OCC(=O)NCc1ccccc1. The molecule has 0 saturated heterocycles. The summed E-state index contributed by atoms with van der Waals surface area (Å²) in [5.74, 6) is 0.865. The lowest BCUT2D eigenvalue weighted by Gasteiger charge is -2.12. The predicted octanol–water partition coefficient (Wildman–Crippen LogP) is 3.99. The van der Waals surface area contributed by atoms with Gasteiger partial charge in [0.05, 0.1) is 18.5 Å². The van der Waals surface area contributed by atoms with Crippen molar-refractivity contribution in [1.29, 1.82) is 0 Å². The fourth-order valence-electron chi connectivity index (χ4n) is 2.55. The molecule has 0 aliphatic carbocycles. The lowest BCUT2D eigenvalue weighted by Crippen LogP contribution is -2.28. The molecular formula is C22H24N4O3S. The predicted molar refractivity (Wildman–Crippen MR) is 119 cm³/mol. The average Bonchev–Trinajstić information content (AvgIpc) is 3.17. The summed E-state index contributed by atoms with van der Waals surface area (Å²) >= 11 is 1.49. The Balaban J connectivity index is 1.55. The summed E-state index contributed by atoms with van der Waals surface area (Å²) in [7, 11) is 0. The third-order valence-corrected chi connectivity index (χ3v) is 4.82. The highest BCUT2D eigenvalue weighted by Crippen LogP contribution is 2.28. The van der Waals surface area contributed by atoms with Crippen LogP contribution in [0.25, 0.3) is 0 Å². The minimum atomic E-state index is -0.199. The highest BCUT2D eigenvalue weighted by atomic mass is 32.1. The van der Waals surface area contributed by atoms with Gasteiger partial charge in [0.1, 0.15) is 0 Å². The van der Waals surface area contributed by atoms with Gasteiger partial charge in [-0.25, -0.2) is 4.98 Å². The molecule has 156 valence electrons. The molecule has 0 aliphatic heterocycles. The van der Waals surface area contributed by atoms with E-state index in [1.54, 1.807) is 12.3 Å². The van der Waals surface area contributed by atoms with E-state index in [1.807, 2.05) is 61.7 Å². The number of hydrogen-bond donors (Lipinski definition) is 2. The van der Waals surface area contributed by atoms with Crippen molar-refractivity contribution in [2.24, 2.45) is 5.10 Å². The molecule has 2 N–H and O–H groups in total.